The van der Waals surface area contributed by atoms with Gasteiger partial charge >= 0.3 is 0 Å². The summed E-state index contributed by atoms with van der Waals surface area (Å²) in [5, 5.41) is 2.60. The van der Waals surface area contributed by atoms with Crippen molar-refractivity contribution >= 4 is 5.91 Å². The summed E-state index contributed by atoms with van der Waals surface area (Å²) in [6.45, 7) is 5.84. The van der Waals surface area contributed by atoms with Crippen molar-refractivity contribution in [1.82, 2.24) is 5.32 Å². The number of nitrogens with two attached hydrogens (primary N) is 1. The Morgan fingerprint density at radius 3 is 2.67 bits per heavy atom. The average molecular weight is 170 g/mol. The largest absolute Gasteiger partial charge is 0.332 e. The average Bonchev–Trinajstić information content (AvgIpc) is 2.11. The van der Waals surface area contributed by atoms with E-state index in [1.807, 2.05) is 20.8 Å². The van der Waals surface area contributed by atoms with Crippen molar-refractivity contribution in [1.29, 1.82) is 0 Å². The third kappa shape index (κ3) is 3.53. The topological polar surface area (TPSA) is 55.1 Å². The Labute approximate surface area is 74.0 Å². The molecule has 3 nitrogen and oxygen atoms in total. The van der Waals surface area contributed by atoms with Crippen LogP contribution < -0.4 is 11.1 Å². The Hall–Kier alpha value is -0.830. The van der Waals surface area contributed by atoms with Crippen LogP contribution >= 0.6 is 0 Å². The molecule has 0 aliphatic heterocycles. The van der Waals surface area contributed by atoms with Gasteiger partial charge < -0.3 is 11.1 Å². The van der Waals surface area contributed by atoms with E-state index in [0.29, 0.717) is 0 Å². The molecule has 0 fully saturated rings. The molecule has 0 aliphatic rings. The van der Waals surface area contributed by atoms with Gasteiger partial charge in [0.1, 0.15) is 0 Å². The van der Waals surface area contributed by atoms with E-state index < -0.39 is 6.04 Å². The number of carbonyl (C=O) groups excluding carboxylic acids is 1. The molecule has 1 amide bonds. The molecule has 2 unspecified atom stereocenters. The highest BCUT2D eigenvalue weighted by Gasteiger charge is 2.17. The second-order valence-corrected chi connectivity index (χ2v) is 2.92. The lowest BCUT2D eigenvalue weighted by molar-refractivity contribution is -0.122. The van der Waals surface area contributed by atoms with Crippen LogP contribution in [0.25, 0.3) is 0 Å². The van der Waals surface area contributed by atoms with E-state index in [-0.39, 0.29) is 11.8 Å². The van der Waals surface area contributed by atoms with Gasteiger partial charge in [0, 0.05) is 0 Å². The third-order valence-corrected chi connectivity index (χ3v) is 1.95. The van der Waals surface area contributed by atoms with Crippen molar-refractivity contribution in [2.24, 2.45) is 11.7 Å². The first-order valence-corrected chi connectivity index (χ1v) is 4.30. The van der Waals surface area contributed by atoms with E-state index in [2.05, 4.69) is 5.32 Å². The van der Waals surface area contributed by atoms with Crippen LogP contribution in [0.5, 0.6) is 0 Å². The number of carbonyl (C=O) groups is 1. The monoisotopic (exact) mass is 170 g/mol. The maximum absolute atomic E-state index is 11.2. The second-order valence-electron chi connectivity index (χ2n) is 2.92. The van der Waals surface area contributed by atoms with Gasteiger partial charge in [-0.25, -0.2) is 0 Å². The van der Waals surface area contributed by atoms with Crippen LogP contribution in [0.15, 0.2) is 12.3 Å². The molecule has 0 radical (unpaired) electrons. The fourth-order valence-corrected chi connectivity index (χ4v) is 0.774. The molecule has 0 spiro atoms. The van der Waals surface area contributed by atoms with E-state index in [0.717, 1.165) is 6.42 Å². The van der Waals surface area contributed by atoms with E-state index in [1.54, 1.807) is 12.3 Å². The first-order valence-electron chi connectivity index (χ1n) is 4.30. The zero-order valence-corrected chi connectivity index (χ0v) is 8.00. The number of hydrogen-bond donors (Lipinski definition) is 2. The molecule has 0 saturated carbocycles. The first-order chi connectivity index (χ1) is 5.63. The van der Waals surface area contributed by atoms with Gasteiger partial charge in [0.2, 0.25) is 5.91 Å². The Morgan fingerprint density at radius 2 is 2.25 bits per heavy atom. The summed E-state index contributed by atoms with van der Waals surface area (Å²) in [6.07, 6.45) is 4.29. The summed E-state index contributed by atoms with van der Waals surface area (Å²) in [5.74, 6) is 0.123. The zero-order valence-electron chi connectivity index (χ0n) is 8.00. The molecule has 0 heterocycles. The maximum atomic E-state index is 11.2. The van der Waals surface area contributed by atoms with E-state index >= 15 is 0 Å². The summed E-state index contributed by atoms with van der Waals surface area (Å²) >= 11 is 0. The number of hydrogen-bond acceptors (Lipinski definition) is 2. The molecule has 70 valence electrons. The van der Waals surface area contributed by atoms with E-state index in [1.165, 1.54) is 0 Å². The van der Waals surface area contributed by atoms with Gasteiger partial charge in [0.15, 0.2) is 0 Å². The molecular weight excluding hydrogens is 152 g/mol. The fourth-order valence-electron chi connectivity index (χ4n) is 0.774. The lowest BCUT2D eigenvalue weighted by atomic mass is 10.00. The van der Waals surface area contributed by atoms with Gasteiger partial charge in [-0.3, -0.25) is 4.79 Å². The van der Waals surface area contributed by atoms with Crippen LogP contribution in [0.3, 0.4) is 0 Å². The normalized spacial score (nSPS) is 16.0. The van der Waals surface area contributed by atoms with Crippen molar-refractivity contribution in [3.8, 4) is 0 Å². The van der Waals surface area contributed by atoms with Crippen molar-refractivity contribution in [2.75, 3.05) is 0 Å². The Balaban J connectivity index is 3.92. The molecular formula is C9H18N2O. The smallest absolute Gasteiger partial charge is 0.241 e. The van der Waals surface area contributed by atoms with Gasteiger partial charge in [0.25, 0.3) is 0 Å². The lowest BCUT2D eigenvalue weighted by Gasteiger charge is -2.15. The number of rotatable bonds is 4. The second kappa shape index (κ2) is 5.77. The molecule has 3 heteroatoms. The van der Waals surface area contributed by atoms with Gasteiger partial charge in [-0.15, -0.1) is 0 Å². The molecule has 0 aromatic carbocycles. The minimum Gasteiger partial charge on any atom is -0.332 e. The number of nitrogens with one attached hydrogen (secondary N) is 1. The number of amides is 1. The predicted molar refractivity (Wildman–Crippen MR) is 50.4 cm³/mol. The van der Waals surface area contributed by atoms with Gasteiger partial charge in [-0.05, 0) is 19.0 Å². The van der Waals surface area contributed by atoms with Crippen molar-refractivity contribution < 1.29 is 4.79 Å². The zero-order chi connectivity index (χ0) is 9.56. The quantitative estimate of drug-likeness (QED) is 0.661. The predicted octanol–water partition coefficient (Wildman–Crippen LogP) is 1.01. The summed E-state index contributed by atoms with van der Waals surface area (Å²) < 4.78 is 0. The highest BCUT2D eigenvalue weighted by atomic mass is 16.2. The summed E-state index contributed by atoms with van der Waals surface area (Å²) in [7, 11) is 0. The number of allylic oxidation sites excluding steroid dienone is 1. The van der Waals surface area contributed by atoms with Crippen molar-refractivity contribution in [3.63, 3.8) is 0 Å². The Morgan fingerprint density at radius 1 is 1.67 bits per heavy atom. The van der Waals surface area contributed by atoms with Gasteiger partial charge in [-0.1, -0.05) is 26.3 Å². The molecule has 0 aromatic rings. The minimum atomic E-state index is -0.397. The van der Waals surface area contributed by atoms with E-state index in [4.69, 9.17) is 5.73 Å². The van der Waals surface area contributed by atoms with Crippen molar-refractivity contribution in [2.45, 2.75) is 33.2 Å². The molecule has 2 atom stereocenters. The lowest BCUT2D eigenvalue weighted by Crippen LogP contribution is -2.42. The van der Waals surface area contributed by atoms with Crippen LogP contribution in [0.4, 0.5) is 0 Å². The summed E-state index contributed by atoms with van der Waals surface area (Å²) in [5.41, 5.74) is 5.67. The summed E-state index contributed by atoms with van der Waals surface area (Å²) in [4.78, 5) is 11.2. The van der Waals surface area contributed by atoms with Gasteiger partial charge in [0.05, 0.1) is 6.04 Å². The summed E-state index contributed by atoms with van der Waals surface area (Å²) in [6, 6.07) is -0.397. The molecule has 12 heavy (non-hydrogen) atoms. The Bertz CT molecular complexity index is 166. The molecule has 0 saturated heterocycles. The minimum absolute atomic E-state index is 0.109. The van der Waals surface area contributed by atoms with Crippen LogP contribution in [-0.4, -0.2) is 11.9 Å². The highest BCUT2D eigenvalue weighted by molar-refractivity contribution is 5.82. The Kier molecular flexibility index (Phi) is 5.37. The van der Waals surface area contributed by atoms with Crippen LogP contribution in [0.1, 0.15) is 27.2 Å². The van der Waals surface area contributed by atoms with Crippen LogP contribution in [0, 0.1) is 5.92 Å². The van der Waals surface area contributed by atoms with E-state index in [9.17, 15) is 4.79 Å². The first kappa shape index (κ1) is 11.2. The highest BCUT2D eigenvalue weighted by Crippen LogP contribution is 2.04. The standard InChI is InChI=1S/C9H18N2O/c1-4-6-11-9(12)8(10)7(3)5-2/h4,6-8H,5,10H2,1-3H3,(H,11,12)/b6-4+. The maximum Gasteiger partial charge on any atom is 0.241 e. The van der Waals surface area contributed by atoms with Crippen LogP contribution in [0.2, 0.25) is 0 Å². The van der Waals surface area contributed by atoms with Crippen molar-refractivity contribution in [3.05, 3.63) is 12.3 Å². The molecule has 0 rings (SSSR count). The molecule has 0 aliphatic carbocycles. The SMILES string of the molecule is C/C=C/NC(=O)C(N)C(C)CC. The molecule has 3 N–H and O–H groups in total. The van der Waals surface area contributed by atoms with Gasteiger partial charge in [-0.2, -0.15) is 0 Å². The third-order valence-electron chi connectivity index (χ3n) is 1.95. The molecule has 0 aromatic heterocycles. The fraction of sp³-hybridized carbons (Fsp3) is 0.667. The van der Waals surface area contributed by atoms with Crippen LogP contribution in [-0.2, 0) is 4.79 Å². The molecule has 0 bridgehead atoms.